The van der Waals surface area contributed by atoms with Crippen LogP contribution < -0.4 is 5.32 Å². The van der Waals surface area contributed by atoms with Gasteiger partial charge in [0.2, 0.25) is 0 Å². The average molecular weight is 227 g/mol. The van der Waals surface area contributed by atoms with Crippen molar-refractivity contribution in [2.45, 2.75) is 33.4 Å². The number of likely N-dealkylation sites (N-methyl/N-ethyl adjacent to an activating group) is 1. The summed E-state index contributed by atoms with van der Waals surface area (Å²) in [5.74, 6) is 0. The van der Waals surface area contributed by atoms with Crippen LogP contribution in [0.15, 0.2) is 5.38 Å². The predicted octanol–water partition coefficient (Wildman–Crippen LogP) is 1.88. The van der Waals surface area contributed by atoms with E-state index in [1.165, 1.54) is 5.69 Å². The second-order valence-electron chi connectivity index (χ2n) is 4.20. The van der Waals surface area contributed by atoms with Gasteiger partial charge < -0.3 is 5.32 Å². The van der Waals surface area contributed by atoms with Crippen LogP contribution >= 0.6 is 11.3 Å². The number of nitrogens with zero attached hydrogens (tertiary/aromatic N) is 2. The van der Waals surface area contributed by atoms with Gasteiger partial charge in [0.25, 0.3) is 0 Å². The lowest BCUT2D eigenvalue weighted by atomic mass is 10.4. The molecule has 0 radical (unpaired) electrons. The van der Waals surface area contributed by atoms with Gasteiger partial charge in [-0.05, 0) is 14.0 Å². The summed E-state index contributed by atoms with van der Waals surface area (Å²) in [6.07, 6.45) is 0. The van der Waals surface area contributed by atoms with Gasteiger partial charge in [0.1, 0.15) is 0 Å². The van der Waals surface area contributed by atoms with Crippen LogP contribution in [0.25, 0.3) is 0 Å². The van der Waals surface area contributed by atoms with E-state index in [-0.39, 0.29) is 0 Å². The quantitative estimate of drug-likeness (QED) is 0.804. The van der Waals surface area contributed by atoms with Gasteiger partial charge in [0.15, 0.2) is 0 Å². The summed E-state index contributed by atoms with van der Waals surface area (Å²) in [6.45, 7) is 9.44. The van der Waals surface area contributed by atoms with E-state index in [0.717, 1.165) is 24.6 Å². The Bertz CT molecular complexity index is 283. The maximum Gasteiger partial charge on any atom is 0.0897 e. The number of hydrogen-bond acceptors (Lipinski definition) is 4. The highest BCUT2D eigenvalue weighted by molar-refractivity contribution is 7.09. The largest absolute Gasteiger partial charge is 0.313 e. The molecule has 0 saturated carbocycles. The molecule has 4 heteroatoms. The molecule has 3 nitrogen and oxygen atoms in total. The molecule has 0 aliphatic carbocycles. The zero-order valence-corrected chi connectivity index (χ0v) is 10.9. The molecule has 0 aromatic carbocycles. The zero-order chi connectivity index (χ0) is 11.3. The number of rotatable bonds is 6. The van der Waals surface area contributed by atoms with E-state index < -0.39 is 0 Å². The van der Waals surface area contributed by atoms with E-state index in [4.69, 9.17) is 0 Å². The Labute approximate surface area is 96.5 Å². The molecule has 1 rings (SSSR count). The smallest absolute Gasteiger partial charge is 0.0897 e. The third-order valence-electron chi connectivity index (χ3n) is 2.14. The van der Waals surface area contributed by atoms with Crippen LogP contribution in [0.5, 0.6) is 0 Å². The molecule has 0 aliphatic heterocycles. The lowest BCUT2D eigenvalue weighted by Crippen LogP contribution is -2.32. The summed E-state index contributed by atoms with van der Waals surface area (Å²) in [5.41, 5.74) is 1.18. The van der Waals surface area contributed by atoms with Gasteiger partial charge in [-0.2, -0.15) is 0 Å². The van der Waals surface area contributed by atoms with Crippen LogP contribution in [-0.4, -0.2) is 36.1 Å². The summed E-state index contributed by atoms with van der Waals surface area (Å²) < 4.78 is 0. The Morgan fingerprint density at radius 3 is 2.80 bits per heavy atom. The number of nitrogens with one attached hydrogen (secondary N) is 1. The minimum Gasteiger partial charge on any atom is -0.313 e. The van der Waals surface area contributed by atoms with Crippen molar-refractivity contribution >= 4 is 11.3 Å². The van der Waals surface area contributed by atoms with E-state index >= 15 is 0 Å². The maximum atomic E-state index is 4.45. The van der Waals surface area contributed by atoms with E-state index in [1.54, 1.807) is 11.3 Å². The molecule has 0 saturated heterocycles. The summed E-state index contributed by atoms with van der Waals surface area (Å²) in [5, 5.41) is 6.70. The molecular formula is C11H21N3S. The molecule has 15 heavy (non-hydrogen) atoms. The predicted molar refractivity (Wildman–Crippen MR) is 66.3 cm³/mol. The summed E-state index contributed by atoms with van der Waals surface area (Å²) in [4.78, 5) is 6.75. The van der Waals surface area contributed by atoms with Gasteiger partial charge in [-0.15, -0.1) is 11.3 Å². The molecular weight excluding hydrogens is 206 g/mol. The van der Waals surface area contributed by atoms with Crippen molar-refractivity contribution in [2.75, 3.05) is 20.1 Å². The second-order valence-corrected chi connectivity index (χ2v) is 5.27. The van der Waals surface area contributed by atoms with Crippen molar-refractivity contribution in [3.05, 3.63) is 16.1 Å². The highest BCUT2D eigenvalue weighted by atomic mass is 32.1. The highest BCUT2D eigenvalue weighted by Gasteiger charge is 2.03. The Kier molecular flexibility index (Phi) is 5.22. The number of thiazole rings is 1. The monoisotopic (exact) mass is 227 g/mol. The maximum absolute atomic E-state index is 4.45. The van der Waals surface area contributed by atoms with E-state index in [1.807, 2.05) is 0 Å². The Hall–Kier alpha value is -0.450. The van der Waals surface area contributed by atoms with Crippen LogP contribution in [0, 0.1) is 6.92 Å². The van der Waals surface area contributed by atoms with Gasteiger partial charge >= 0.3 is 0 Å². The van der Waals surface area contributed by atoms with Crippen LogP contribution in [0.4, 0.5) is 0 Å². The second kappa shape index (κ2) is 6.20. The fourth-order valence-corrected chi connectivity index (χ4v) is 1.98. The van der Waals surface area contributed by atoms with Crippen LogP contribution in [0.1, 0.15) is 24.5 Å². The molecule has 86 valence electrons. The minimum absolute atomic E-state index is 0.569. The molecule has 0 fully saturated rings. The fraction of sp³-hybridized carbons (Fsp3) is 0.727. The first-order valence-corrected chi connectivity index (χ1v) is 6.29. The molecule has 0 amide bonds. The molecule has 0 spiro atoms. The molecule has 0 bridgehead atoms. The van der Waals surface area contributed by atoms with Gasteiger partial charge in [-0.3, -0.25) is 4.90 Å². The molecule has 1 heterocycles. The van der Waals surface area contributed by atoms with Gasteiger partial charge in [0.05, 0.1) is 10.7 Å². The van der Waals surface area contributed by atoms with Crippen molar-refractivity contribution in [2.24, 2.45) is 0 Å². The van der Waals surface area contributed by atoms with E-state index in [9.17, 15) is 0 Å². The number of aryl methyl sites for hydroxylation is 1. The SMILES string of the molecule is Cc1nc(CN(C)CCNC(C)C)cs1. The lowest BCUT2D eigenvalue weighted by molar-refractivity contribution is 0.317. The fourth-order valence-electron chi connectivity index (χ4n) is 1.38. The zero-order valence-electron chi connectivity index (χ0n) is 10.1. The first kappa shape index (κ1) is 12.6. The number of aromatic nitrogens is 1. The molecule has 1 aromatic heterocycles. The summed E-state index contributed by atoms with van der Waals surface area (Å²) >= 11 is 1.72. The molecule has 0 unspecified atom stereocenters. The Morgan fingerprint density at radius 1 is 1.53 bits per heavy atom. The van der Waals surface area contributed by atoms with Crippen molar-refractivity contribution in [3.8, 4) is 0 Å². The molecule has 0 atom stereocenters. The van der Waals surface area contributed by atoms with E-state index in [0.29, 0.717) is 6.04 Å². The highest BCUT2D eigenvalue weighted by Crippen LogP contribution is 2.09. The standard InChI is InChI=1S/C11H21N3S/c1-9(2)12-5-6-14(4)7-11-8-15-10(3)13-11/h8-9,12H,5-7H2,1-4H3. The molecule has 0 aliphatic rings. The first-order valence-electron chi connectivity index (χ1n) is 5.41. The first-order chi connectivity index (χ1) is 7.08. The summed E-state index contributed by atoms with van der Waals surface area (Å²) in [7, 11) is 2.14. The molecule has 1 N–H and O–H groups in total. The average Bonchev–Trinajstić information content (AvgIpc) is 2.50. The minimum atomic E-state index is 0.569. The van der Waals surface area contributed by atoms with Crippen molar-refractivity contribution in [1.82, 2.24) is 15.2 Å². The van der Waals surface area contributed by atoms with Crippen LogP contribution in [0.3, 0.4) is 0 Å². The van der Waals surface area contributed by atoms with Crippen LogP contribution in [-0.2, 0) is 6.54 Å². The normalized spacial score (nSPS) is 11.6. The van der Waals surface area contributed by atoms with Crippen LogP contribution in [0.2, 0.25) is 0 Å². The van der Waals surface area contributed by atoms with Gasteiger partial charge in [0, 0.05) is 31.1 Å². The third-order valence-corrected chi connectivity index (χ3v) is 2.97. The van der Waals surface area contributed by atoms with Gasteiger partial charge in [-0.25, -0.2) is 4.98 Å². The van der Waals surface area contributed by atoms with Crippen molar-refractivity contribution < 1.29 is 0 Å². The topological polar surface area (TPSA) is 28.2 Å². The summed E-state index contributed by atoms with van der Waals surface area (Å²) in [6, 6.07) is 0.569. The lowest BCUT2D eigenvalue weighted by Gasteiger charge is -2.16. The van der Waals surface area contributed by atoms with E-state index in [2.05, 4.69) is 48.4 Å². The Balaban J connectivity index is 2.21. The number of hydrogen-bond donors (Lipinski definition) is 1. The molecule has 1 aromatic rings. The third kappa shape index (κ3) is 5.25. The van der Waals surface area contributed by atoms with Crippen molar-refractivity contribution in [3.63, 3.8) is 0 Å². The van der Waals surface area contributed by atoms with Gasteiger partial charge in [-0.1, -0.05) is 13.8 Å². The Morgan fingerprint density at radius 2 is 2.27 bits per heavy atom. The van der Waals surface area contributed by atoms with Crippen molar-refractivity contribution in [1.29, 1.82) is 0 Å².